The molecule has 1 aromatic heterocycles. The first-order chi connectivity index (χ1) is 10.3. The molecule has 5 heteroatoms. The predicted molar refractivity (Wildman–Crippen MR) is 84.6 cm³/mol. The second-order valence-corrected chi connectivity index (χ2v) is 6.22. The molecule has 4 nitrogen and oxygen atoms in total. The number of rotatable bonds is 5. The summed E-state index contributed by atoms with van der Waals surface area (Å²) in [5, 5.41) is 4.47. The van der Waals surface area contributed by atoms with Gasteiger partial charge in [0.2, 0.25) is 0 Å². The minimum atomic E-state index is 0.0330. The van der Waals surface area contributed by atoms with E-state index in [9.17, 15) is 0 Å². The minimum Gasteiger partial charge on any atom is -0.497 e. The van der Waals surface area contributed by atoms with Gasteiger partial charge in [0.25, 0.3) is 0 Å². The van der Waals surface area contributed by atoms with E-state index >= 15 is 0 Å². The molecule has 1 aromatic carbocycles. The van der Waals surface area contributed by atoms with Gasteiger partial charge in [0.15, 0.2) is 0 Å². The first-order valence-electron chi connectivity index (χ1n) is 7.14. The number of hydrogen-bond acceptors (Lipinski definition) is 5. The van der Waals surface area contributed by atoms with Crippen LogP contribution in [0.4, 0.5) is 0 Å². The van der Waals surface area contributed by atoms with E-state index in [1.807, 2.05) is 36.6 Å². The Labute approximate surface area is 129 Å². The Morgan fingerprint density at radius 2 is 2.10 bits per heavy atom. The summed E-state index contributed by atoms with van der Waals surface area (Å²) in [6.07, 6.45) is 3.51. The van der Waals surface area contributed by atoms with Crippen molar-refractivity contribution in [1.29, 1.82) is 0 Å². The number of nitrogens with one attached hydrogen (secondary N) is 1. The third-order valence-corrected chi connectivity index (χ3v) is 5.12. The number of aryl methyl sites for hydroxylation is 2. The Morgan fingerprint density at radius 1 is 1.24 bits per heavy atom. The van der Waals surface area contributed by atoms with Crippen LogP contribution in [0.3, 0.4) is 0 Å². The number of thiazole rings is 1. The van der Waals surface area contributed by atoms with Gasteiger partial charge in [-0.2, -0.15) is 0 Å². The minimum absolute atomic E-state index is 0.0330. The Hall–Kier alpha value is -1.59. The Balaban J connectivity index is 2.02. The van der Waals surface area contributed by atoms with Crippen molar-refractivity contribution >= 4 is 11.3 Å². The second-order valence-electron chi connectivity index (χ2n) is 5.11. The van der Waals surface area contributed by atoms with Crippen molar-refractivity contribution in [3.63, 3.8) is 0 Å². The molecule has 2 aromatic rings. The lowest BCUT2D eigenvalue weighted by Crippen LogP contribution is -2.18. The number of methoxy groups -OCH3 is 2. The fourth-order valence-corrected chi connectivity index (χ4v) is 4.09. The third-order valence-electron chi connectivity index (χ3n) is 3.90. The van der Waals surface area contributed by atoms with Gasteiger partial charge in [-0.1, -0.05) is 0 Å². The van der Waals surface area contributed by atoms with Crippen LogP contribution in [0.2, 0.25) is 0 Å². The van der Waals surface area contributed by atoms with Crippen molar-refractivity contribution in [3.05, 3.63) is 39.3 Å². The number of fused-ring (bicyclic) bond motifs is 1. The van der Waals surface area contributed by atoms with Crippen LogP contribution in [0.5, 0.6) is 11.5 Å². The van der Waals surface area contributed by atoms with Gasteiger partial charge in [0, 0.05) is 10.4 Å². The van der Waals surface area contributed by atoms with E-state index in [1.54, 1.807) is 14.2 Å². The smallest absolute Gasteiger partial charge is 0.124 e. The number of nitrogens with zero attached hydrogens (tertiary/aromatic N) is 1. The third kappa shape index (κ3) is 2.63. The normalized spacial score (nSPS) is 14.8. The standard InChI is InChI=1S/C16H20N2O2S/c1-17-15(16-18-12-5-4-6-14(12)21-16)11-9-10(19-2)7-8-13(11)20-3/h7-9,15,17H,4-6H2,1-3H3. The van der Waals surface area contributed by atoms with Crippen molar-refractivity contribution < 1.29 is 9.47 Å². The molecular weight excluding hydrogens is 284 g/mol. The molecule has 0 aliphatic heterocycles. The summed E-state index contributed by atoms with van der Waals surface area (Å²) in [4.78, 5) is 6.27. The molecular formula is C16H20N2O2S. The molecule has 21 heavy (non-hydrogen) atoms. The summed E-state index contributed by atoms with van der Waals surface area (Å²) >= 11 is 1.81. The molecule has 1 atom stereocenters. The van der Waals surface area contributed by atoms with Gasteiger partial charge in [0.05, 0.1) is 26.0 Å². The monoisotopic (exact) mass is 304 g/mol. The van der Waals surface area contributed by atoms with Gasteiger partial charge in [-0.3, -0.25) is 0 Å². The van der Waals surface area contributed by atoms with E-state index in [1.165, 1.54) is 23.4 Å². The van der Waals surface area contributed by atoms with Gasteiger partial charge in [-0.25, -0.2) is 4.98 Å². The zero-order valence-corrected chi connectivity index (χ0v) is 13.4. The lowest BCUT2D eigenvalue weighted by atomic mass is 10.1. The van der Waals surface area contributed by atoms with Crippen LogP contribution in [-0.2, 0) is 12.8 Å². The molecule has 0 saturated heterocycles. The molecule has 1 aliphatic carbocycles. The molecule has 0 bridgehead atoms. The lowest BCUT2D eigenvalue weighted by molar-refractivity contribution is 0.395. The molecule has 112 valence electrons. The number of benzene rings is 1. The molecule has 0 spiro atoms. The van der Waals surface area contributed by atoms with Crippen molar-refractivity contribution in [2.45, 2.75) is 25.3 Å². The molecule has 3 rings (SSSR count). The quantitative estimate of drug-likeness (QED) is 0.922. The van der Waals surface area contributed by atoms with Crippen LogP contribution >= 0.6 is 11.3 Å². The SMILES string of the molecule is CNC(c1nc2c(s1)CCC2)c1cc(OC)ccc1OC. The van der Waals surface area contributed by atoms with Crippen LogP contribution < -0.4 is 14.8 Å². The highest BCUT2D eigenvalue weighted by atomic mass is 32.1. The van der Waals surface area contributed by atoms with Crippen LogP contribution in [-0.4, -0.2) is 26.3 Å². The highest BCUT2D eigenvalue weighted by molar-refractivity contribution is 7.11. The summed E-state index contributed by atoms with van der Waals surface area (Å²) in [5.41, 5.74) is 2.34. The maximum atomic E-state index is 5.51. The van der Waals surface area contributed by atoms with Gasteiger partial charge in [0.1, 0.15) is 16.5 Å². The molecule has 0 fully saturated rings. The highest BCUT2D eigenvalue weighted by Crippen LogP contribution is 2.37. The van der Waals surface area contributed by atoms with Crippen molar-refractivity contribution in [2.24, 2.45) is 0 Å². The average molecular weight is 304 g/mol. The van der Waals surface area contributed by atoms with Crippen molar-refractivity contribution in [2.75, 3.05) is 21.3 Å². The highest BCUT2D eigenvalue weighted by Gasteiger charge is 2.24. The van der Waals surface area contributed by atoms with E-state index in [-0.39, 0.29) is 6.04 Å². The van der Waals surface area contributed by atoms with E-state index in [2.05, 4.69) is 5.32 Å². The van der Waals surface area contributed by atoms with Crippen LogP contribution in [0.15, 0.2) is 18.2 Å². The van der Waals surface area contributed by atoms with E-state index in [4.69, 9.17) is 14.5 Å². The maximum Gasteiger partial charge on any atom is 0.124 e. The number of ether oxygens (including phenoxy) is 2. The predicted octanol–water partition coefficient (Wildman–Crippen LogP) is 2.96. The number of hydrogen-bond donors (Lipinski definition) is 1. The van der Waals surface area contributed by atoms with Gasteiger partial charge in [-0.15, -0.1) is 11.3 Å². The largest absolute Gasteiger partial charge is 0.497 e. The summed E-state index contributed by atoms with van der Waals surface area (Å²) in [6.45, 7) is 0. The average Bonchev–Trinajstić information content (AvgIpc) is 3.09. The zero-order valence-electron chi connectivity index (χ0n) is 12.6. The van der Waals surface area contributed by atoms with Crippen molar-refractivity contribution in [3.8, 4) is 11.5 Å². The van der Waals surface area contributed by atoms with Crippen molar-refractivity contribution in [1.82, 2.24) is 10.3 Å². The fourth-order valence-electron chi connectivity index (χ4n) is 2.81. The molecule has 0 radical (unpaired) electrons. The maximum absolute atomic E-state index is 5.51. The summed E-state index contributed by atoms with van der Waals surface area (Å²) in [5.74, 6) is 1.68. The molecule has 0 saturated carbocycles. The summed E-state index contributed by atoms with van der Waals surface area (Å²) in [6, 6.07) is 5.91. The molecule has 1 heterocycles. The lowest BCUT2D eigenvalue weighted by Gasteiger charge is -2.18. The fraction of sp³-hybridized carbons (Fsp3) is 0.438. The summed E-state index contributed by atoms with van der Waals surface area (Å²) < 4.78 is 10.9. The van der Waals surface area contributed by atoms with E-state index in [0.717, 1.165) is 28.5 Å². The van der Waals surface area contributed by atoms with Gasteiger partial charge >= 0.3 is 0 Å². The second kappa shape index (κ2) is 6.03. The Bertz CT molecular complexity index is 618. The van der Waals surface area contributed by atoms with Gasteiger partial charge < -0.3 is 14.8 Å². The Morgan fingerprint density at radius 3 is 2.76 bits per heavy atom. The first-order valence-corrected chi connectivity index (χ1v) is 7.96. The van der Waals surface area contributed by atoms with Crippen LogP contribution in [0, 0.1) is 0 Å². The molecule has 1 N–H and O–H groups in total. The van der Waals surface area contributed by atoms with E-state index < -0.39 is 0 Å². The zero-order chi connectivity index (χ0) is 14.8. The van der Waals surface area contributed by atoms with Crippen LogP contribution in [0.25, 0.3) is 0 Å². The number of aromatic nitrogens is 1. The van der Waals surface area contributed by atoms with E-state index in [0.29, 0.717) is 0 Å². The molecule has 1 unspecified atom stereocenters. The topological polar surface area (TPSA) is 43.4 Å². The van der Waals surface area contributed by atoms with Gasteiger partial charge in [-0.05, 0) is 44.5 Å². The van der Waals surface area contributed by atoms with Crippen LogP contribution in [0.1, 0.15) is 33.6 Å². The first kappa shape index (κ1) is 14.4. The Kier molecular flexibility index (Phi) is 4.12. The molecule has 1 aliphatic rings. The molecule has 0 amide bonds. The summed E-state index contributed by atoms with van der Waals surface area (Å²) in [7, 11) is 5.33.